The molecule has 98 valence electrons. The largest absolute Gasteiger partial charge is 0.480 e. The van der Waals surface area contributed by atoms with Crippen molar-refractivity contribution in [2.45, 2.75) is 39.2 Å². The van der Waals surface area contributed by atoms with Gasteiger partial charge in [0.2, 0.25) is 5.91 Å². The number of hydrogen-bond acceptors (Lipinski definition) is 3. The summed E-state index contributed by atoms with van der Waals surface area (Å²) in [4.78, 5) is 22.3. The third kappa shape index (κ3) is 6.26. The highest BCUT2D eigenvalue weighted by atomic mass is 16.5. The number of hydrogen-bond donors (Lipinski definition) is 2. The molecule has 1 aliphatic rings. The summed E-state index contributed by atoms with van der Waals surface area (Å²) in [5, 5.41) is 11.4. The topological polar surface area (TPSA) is 75.6 Å². The second-order valence-electron chi connectivity index (χ2n) is 5.05. The molecule has 0 radical (unpaired) electrons. The van der Waals surface area contributed by atoms with Crippen LogP contribution in [0.5, 0.6) is 0 Å². The van der Waals surface area contributed by atoms with E-state index in [0.717, 1.165) is 0 Å². The first-order valence-corrected chi connectivity index (χ1v) is 6.09. The smallest absolute Gasteiger partial charge is 0.326 e. The molecular formula is C12H21NO4. The SMILES string of the molecule is CC(C)C[C@H](NC(=O)COCC1CC1)C(=O)O. The van der Waals surface area contributed by atoms with Gasteiger partial charge in [-0.1, -0.05) is 13.8 Å². The van der Waals surface area contributed by atoms with Gasteiger partial charge in [0.15, 0.2) is 0 Å². The zero-order valence-electron chi connectivity index (χ0n) is 10.4. The first kappa shape index (κ1) is 14.0. The molecule has 17 heavy (non-hydrogen) atoms. The maximum atomic E-state index is 11.4. The minimum Gasteiger partial charge on any atom is -0.480 e. The van der Waals surface area contributed by atoms with Crippen LogP contribution in [0.1, 0.15) is 33.1 Å². The number of aliphatic carboxylic acids is 1. The first-order chi connectivity index (χ1) is 7.99. The summed E-state index contributed by atoms with van der Waals surface area (Å²) in [6, 6.07) is -0.813. The number of ether oxygens (including phenoxy) is 1. The fraction of sp³-hybridized carbons (Fsp3) is 0.833. The number of carboxylic acids is 1. The van der Waals surface area contributed by atoms with Crippen LogP contribution in [0.4, 0.5) is 0 Å². The van der Waals surface area contributed by atoms with Gasteiger partial charge < -0.3 is 15.2 Å². The number of rotatable bonds is 8. The molecule has 0 aromatic carbocycles. The highest BCUT2D eigenvalue weighted by Gasteiger charge is 2.23. The average Bonchev–Trinajstić information content (AvgIpc) is 2.99. The Labute approximate surface area is 102 Å². The Morgan fingerprint density at radius 2 is 2.06 bits per heavy atom. The van der Waals surface area contributed by atoms with Crippen LogP contribution in [0.2, 0.25) is 0 Å². The van der Waals surface area contributed by atoms with Crippen LogP contribution in [-0.2, 0) is 14.3 Å². The Balaban J connectivity index is 2.21. The zero-order valence-corrected chi connectivity index (χ0v) is 10.4. The lowest BCUT2D eigenvalue weighted by Gasteiger charge is -2.16. The zero-order chi connectivity index (χ0) is 12.8. The van der Waals surface area contributed by atoms with E-state index in [1.54, 1.807) is 0 Å². The van der Waals surface area contributed by atoms with Gasteiger partial charge in [-0.05, 0) is 31.1 Å². The van der Waals surface area contributed by atoms with E-state index in [4.69, 9.17) is 9.84 Å². The van der Waals surface area contributed by atoms with Gasteiger partial charge in [-0.25, -0.2) is 4.79 Å². The Morgan fingerprint density at radius 1 is 1.41 bits per heavy atom. The normalized spacial score (nSPS) is 16.9. The van der Waals surface area contributed by atoms with Gasteiger partial charge in [0.25, 0.3) is 0 Å². The van der Waals surface area contributed by atoms with E-state index in [1.165, 1.54) is 12.8 Å². The second kappa shape index (κ2) is 6.59. The van der Waals surface area contributed by atoms with Crippen LogP contribution >= 0.6 is 0 Å². The summed E-state index contributed by atoms with van der Waals surface area (Å²) in [5.41, 5.74) is 0. The van der Waals surface area contributed by atoms with Crippen molar-refractivity contribution in [3.05, 3.63) is 0 Å². The molecule has 0 saturated heterocycles. The monoisotopic (exact) mass is 243 g/mol. The summed E-state index contributed by atoms with van der Waals surface area (Å²) in [6.45, 7) is 4.41. The summed E-state index contributed by atoms with van der Waals surface area (Å²) < 4.78 is 5.20. The number of carbonyl (C=O) groups is 2. The van der Waals surface area contributed by atoms with Gasteiger partial charge >= 0.3 is 5.97 Å². The molecule has 0 unspecified atom stereocenters. The molecule has 1 fully saturated rings. The quantitative estimate of drug-likeness (QED) is 0.667. The first-order valence-electron chi connectivity index (χ1n) is 6.09. The van der Waals surface area contributed by atoms with Crippen LogP contribution in [0, 0.1) is 11.8 Å². The maximum absolute atomic E-state index is 11.4. The minimum absolute atomic E-state index is 0.0433. The van der Waals surface area contributed by atoms with Crippen molar-refractivity contribution >= 4 is 11.9 Å². The van der Waals surface area contributed by atoms with E-state index in [2.05, 4.69) is 5.32 Å². The number of carboxylic acid groups (broad SMARTS) is 1. The molecule has 0 spiro atoms. The molecule has 0 aromatic heterocycles. The lowest BCUT2D eigenvalue weighted by molar-refractivity contribution is -0.143. The van der Waals surface area contributed by atoms with Crippen molar-refractivity contribution < 1.29 is 19.4 Å². The highest BCUT2D eigenvalue weighted by Crippen LogP contribution is 2.28. The Bertz CT molecular complexity index is 274. The van der Waals surface area contributed by atoms with Crippen molar-refractivity contribution in [3.8, 4) is 0 Å². The third-order valence-corrected chi connectivity index (χ3v) is 2.62. The third-order valence-electron chi connectivity index (χ3n) is 2.62. The predicted octanol–water partition coefficient (Wildman–Crippen LogP) is 1.03. The molecule has 5 nitrogen and oxygen atoms in total. The summed E-state index contributed by atoms with van der Waals surface area (Å²) in [6.07, 6.45) is 2.78. The van der Waals surface area contributed by atoms with Crippen LogP contribution in [-0.4, -0.2) is 36.2 Å². The lowest BCUT2D eigenvalue weighted by Crippen LogP contribution is -2.43. The minimum atomic E-state index is -0.991. The van der Waals surface area contributed by atoms with Crippen molar-refractivity contribution in [2.75, 3.05) is 13.2 Å². The predicted molar refractivity (Wildman–Crippen MR) is 62.6 cm³/mol. The van der Waals surface area contributed by atoms with Crippen LogP contribution < -0.4 is 5.32 Å². The van der Waals surface area contributed by atoms with E-state index in [9.17, 15) is 9.59 Å². The number of amides is 1. The number of carbonyl (C=O) groups excluding carboxylic acids is 1. The van der Waals surface area contributed by atoms with E-state index in [-0.39, 0.29) is 18.4 Å². The van der Waals surface area contributed by atoms with Gasteiger partial charge in [-0.15, -0.1) is 0 Å². The van der Waals surface area contributed by atoms with Crippen molar-refractivity contribution in [1.82, 2.24) is 5.32 Å². The maximum Gasteiger partial charge on any atom is 0.326 e. The molecule has 5 heteroatoms. The van der Waals surface area contributed by atoms with Gasteiger partial charge in [-0.3, -0.25) is 4.79 Å². The standard InChI is InChI=1S/C12H21NO4/c1-8(2)5-10(12(15)16)13-11(14)7-17-6-9-3-4-9/h8-10H,3-7H2,1-2H3,(H,13,14)(H,15,16)/t10-/m0/s1. The van der Waals surface area contributed by atoms with Gasteiger partial charge in [0, 0.05) is 0 Å². The average molecular weight is 243 g/mol. The van der Waals surface area contributed by atoms with E-state index in [1.807, 2.05) is 13.8 Å². The fourth-order valence-electron chi connectivity index (χ4n) is 1.53. The molecule has 1 aliphatic carbocycles. The van der Waals surface area contributed by atoms with Crippen molar-refractivity contribution in [3.63, 3.8) is 0 Å². The van der Waals surface area contributed by atoms with E-state index >= 15 is 0 Å². The van der Waals surface area contributed by atoms with Crippen molar-refractivity contribution in [2.24, 2.45) is 11.8 Å². The van der Waals surface area contributed by atoms with Gasteiger partial charge in [0.05, 0.1) is 6.61 Å². The molecule has 0 bridgehead atoms. The van der Waals surface area contributed by atoms with Crippen LogP contribution in [0.25, 0.3) is 0 Å². The Morgan fingerprint density at radius 3 is 2.53 bits per heavy atom. The summed E-state index contributed by atoms with van der Waals surface area (Å²) in [7, 11) is 0. The van der Waals surface area contributed by atoms with E-state index in [0.29, 0.717) is 18.9 Å². The Kier molecular flexibility index (Phi) is 5.41. The van der Waals surface area contributed by atoms with Crippen molar-refractivity contribution in [1.29, 1.82) is 0 Å². The van der Waals surface area contributed by atoms with Crippen LogP contribution in [0.15, 0.2) is 0 Å². The lowest BCUT2D eigenvalue weighted by atomic mass is 10.0. The van der Waals surface area contributed by atoms with E-state index < -0.39 is 12.0 Å². The number of nitrogens with one attached hydrogen (secondary N) is 1. The molecule has 1 saturated carbocycles. The molecule has 0 heterocycles. The molecule has 0 aliphatic heterocycles. The van der Waals surface area contributed by atoms with Gasteiger partial charge in [-0.2, -0.15) is 0 Å². The van der Waals surface area contributed by atoms with Gasteiger partial charge in [0.1, 0.15) is 12.6 Å². The summed E-state index contributed by atoms with van der Waals surface area (Å²) >= 11 is 0. The molecule has 0 aromatic rings. The van der Waals surface area contributed by atoms with Crippen LogP contribution in [0.3, 0.4) is 0 Å². The Hall–Kier alpha value is -1.10. The fourth-order valence-corrected chi connectivity index (χ4v) is 1.53. The second-order valence-corrected chi connectivity index (χ2v) is 5.05. The molecule has 2 N–H and O–H groups in total. The molecule has 1 amide bonds. The molecular weight excluding hydrogens is 222 g/mol. The summed E-state index contributed by atoms with van der Waals surface area (Å²) in [5.74, 6) is -0.509. The highest BCUT2D eigenvalue weighted by molar-refractivity contribution is 5.84. The molecule has 1 rings (SSSR count). The molecule has 1 atom stereocenters.